The van der Waals surface area contributed by atoms with Crippen LogP contribution in [0.4, 0.5) is 0 Å². The Balaban J connectivity index is 0.00000480. The van der Waals surface area contributed by atoms with Crippen LogP contribution in [-0.2, 0) is 11.3 Å². The number of rotatable bonds is 8. The number of carbonyl (C=O) groups excluding carboxylic acids is 2. The first-order valence-corrected chi connectivity index (χ1v) is 9.31. The molecule has 2 rings (SSSR count). The standard InChI is InChI=1S/C22H23N5O3.CH4/c23-12-1-13-25-15-18-6-4-16(5-7-18)2-3-17-8-10-19(11-9-17)21(28)26-20(14-24)22(29)27-30;/h4-11,20,25,30H,1,13-15,24H2,(H,26,28)(H,27,29);1H4/t20-;/m0./s1. The first kappa shape index (κ1) is 25.3. The molecule has 8 nitrogen and oxygen atoms in total. The van der Waals surface area contributed by atoms with E-state index in [1.165, 1.54) is 5.48 Å². The predicted octanol–water partition coefficient (Wildman–Crippen LogP) is 1.29. The van der Waals surface area contributed by atoms with Gasteiger partial charge in [0.2, 0.25) is 0 Å². The second-order valence-corrected chi connectivity index (χ2v) is 6.35. The second kappa shape index (κ2) is 13.5. The molecule has 2 aromatic carbocycles. The molecule has 0 fully saturated rings. The number of nitrogens with zero attached hydrogens (tertiary/aromatic N) is 1. The van der Waals surface area contributed by atoms with Gasteiger partial charge in [0.1, 0.15) is 6.04 Å². The molecule has 0 aliphatic heterocycles. The minimum Gasteiger partial charge on any atom is -0.339 e. The van der Waals surface area contributed by atoms with Gasteiger partial charge < -0.3 is 16.4 Å². The van der Waals surface area contributed by atoms with E-state index < -0.39 is 17.9 Å². The molecule has 0 heterocycles. The number of amides is 2. The quantitative estimate of drug-likeness (QED) is 0.188. The first-order valence-electron chi connectivity index (χ1n) is 9.31. The maximum absolute atomic E-state index is 12.2. The first-order chi connectivity index (χ1) is 14.6. The van der Waals surface area contributed by atoms with Gasteiger partial charge in [-0.05, 0) is 42.0 Å². The summed E-state index contributed by atoms with van der Waals surface area (Å²) in [5.74, 6) is 4.84. The highest BCUT2D eigenvalue weighted by atomic mass is 16.5. The van der Waals surface area contributed by atoms with E-state index in [1.807, 2.05) is 24.3 Å². The predicted molar refractivity (Wildman–Crippen MR) is 118 cm³/mol. The summed E-state index contributed by atoms with van der Waals surface area (Å²) in [7, 11) is 0. The highest BCUT2D eigenvalue weighted by Gasteiger charge is 2.19. The molecule has 0 bridgehead atoms. The minimum atomic E-state index is -1.02. The van der Waals surface area contributed by atoms with E-state index in [2.05, 4.69) is 28.5 Å². The van der Waals surface area contributed by atoms with Gasteiger partial charge in [0.05, 0.1) is 6.07 Å². The molecular formula is C23H27N5O3. The van der Waals surface area contributed by atoms with Crippen molar-refractivity contribution < 1.29 is 14.8 Å². The van der Waals surface area contributed by atoms with Gasteiger partial charge >= 0.3 is 0 Å². The average molecular weight is 422 g/mol. The Kier molecular flexibility index (Phi) is 11.1. The number of hydrogen-bond acceptors (Lipinski definition) is 6. The Bertz CT molecular complexity index is 954. The summed E-state index contributed by atoms with van der Waals surface area (Å²) in [4.78, 5) is 23.6. The third-order valence-corrected chi connectivity index (χ3v) is 4.16. The van der Waals surface area contributed by atoms with E-state index in [9.17, 15) is 9.59 Å². The van der Waals surface area contributed by atoms with E-state index in [-0.39, 0.29) is 14.0 Å². The normalized spacial score (nSPS) is 10.5. The summed E-state index contributed by atoms with van der Waals surface area (Å²) in [5.41, 5.74) is 9.93. The number of hydroxylamine groups is 1. The maximum atomic E-state index is 12.2. The smallest absolute Gasteiger partial charge is 0.267 e. The van der Waals surface area contributed by atoms with E-state index in [1.54, 1.807) is 24.3 Å². The third-order valence-electron chi connectivity index (χ3n) is 4.16. The molecule has 2 amide bonds. The van der Waals surface area contributed by atoms with Crippen molar-refractivity contribution in [2.75, 3.05) is 13.1 Å². The molecule has 0 radical (unpaired) electrons. The Labute approximate surface area is 182 Å². The van der Waals surface area contributed by atoms with Crippen molar-refractivity contribution in [3.05, 3.63) is 70.8 Å². The van der Waals surface area contributed by atoms with Crippen LogP contribution in [0.15, 0.2) is 48.5 Å². The molecule has 6 N–H and O–H groups in total. The molecule has 0 spiro atoms. The Morgan fingerprint density at radius 3 is 2.13 bits per heavy atom. The van der Waals surface area contributed by atoms with Crippen LogP contribution in [0, 0.1) is 23.2 Å². The van der Waals surface area contributed by atoms with Crippen LogP contribution in [-0.4, -0.2) is 36.2 Å². The zero-order valence-electron chi connectivity index (χ0n) is 16.3. The van der Waals surface area contributed by atoms with E-state index in [0.29, 0.717) is 25.1 Å². The van der Waals surface area contributed by atoms with Crippen LogP contribution < -0.4 is 21.8 Å². The summed E-state index contributed by atoms with van der Waals surface area (Å²) in [6, 6.07) is 15.5. The van der Waals surface area contributed by atoms with Gasteiger partial charge in [-0.1, -0.05) is 31.4 Å². The number of nitrogens with one attached hydrogen (secondary N) is 3. The lowest BCUT2D eigenvalue weighted by Crippen LogP contribution is -2.50. The topological polar surface area (TPSA) is 140 Å². The fraction of sp³-hybridized carbons (Fsp3) is 0.261. The van der Waals surface area contributed by atoms with Gasteiger partial charge in [-0.25, -0.2) is 5.48 Å². The van der Waals surface area contributed by atoms with Gasteiger partial charge in [0.15, 0.2) is 0 Å². The lowest BCUT2D eigenvalue weighted by atomic mass is 10.1. The molecule has 0 aliphatic carbocycles. The monoisotopic (exact) mass is 421 g/mol. The van der Waals surface area contributed by atoms with Crippen LogP contribution in [0.2, 0.25) is 0 Å². The van der Waals surface area contributed by atoms with Crippen LogP contribution in [0.3, 0.4) is 0 Å². The van der Waals surface area contributed by atoms with Crippen LogP contribution in [0.1, 0.15) is 40.9 Å². The molecule has 0 aliphatic rings. The molecule has 31 heavy (non-hydrogen) atoms. The largest absolute Gasteiger partial charge is 0.339 e. The Morgan fingerprint density at radius 1 is 1.03 bits per heavy atom. The highest BCUT2D eigenvalue weighted by Crippen LogP contribution is 2.06. The summed E-state index contributed by atoms with van der Waals surface area (Å²) >= 11 is 0. The van der Waals surface area contributed by atoms with Crippen molar-refractivity contribution >= 4 is 11.8 Å². The lowest BCUT2D eigenvalue weighted by molar-refractivity contribution is -0.130. The second-order valence-electron chi connectivity index (χ2n) is 6.35. The average Bonchev–Trinajstić information content (AvgIpc) is 2.79. The van der Waals surface area contributed by atoms with Crippen molar-refractivity contribution in [1.29, 1.82) is 5.26 Å². The molecule has 162 valence electrons. The summed E-state index contributed by atoms with van der Waals surface area (Å²) in [6.45, 7) is 1.22. The van der Waals surface area contributed by atoms with E-state index in [0.717, 1.165) is 16.7 Å². The van der Waals surface area contributed by atoms with Gasteiger partial charge in [-0.2, -0.15) is 5.26 Å². The van der Waals surface area contributed by atoms with Crippen LogP contribution in [0.25, 0.3) is 0 Å². The summed E-state index contributed by atoms with van der Waals surface area (Å²) in [5, 5.41) is 22.8. The van der Waals surface area contributed by atoms with Crippen molar-refractivity contribution in [3.63, 3.8) is 0 Å². The van der Waals surface area contributed by atoms with Crippen LogP contribution >= 0.6 is 0 Å². The SMILES string of the molecule is C.N#CCCNCc1ccc(C#Cc2ccc(C(=O)N[C@@H](CN)C(=O)NO)cc2)cc1. The van der Waals surface area contributed by atoms with Gasteiger partial charge in [0.25, 0.3) is 11.8 Å². The molecule has 0 aromatic heterocycles. The van der Waals surface area contributed by atoms with Gasteiger partial charge in [-0.15, -0.1) is 0 Å². The maximum Gasteiger partial charge on any atom is 0.267 e. The lowest BCUT2D eigenvalue weighted by Gasteiger charge is -2.14. The molecule has 0 saturated carbocycles. The number of benzene rings is 2. The van der Waals surface area contributed by atoms with Crippen molar-refractivity contribution in [3.8, 4) is 17.9 Å². The van der Waals surface area contributed by atoms with Crippen molar-refractivity contribution in [2.24, 2.45) is 5.73 Å². The third kappa shape index (κ3) is 8.29. The number of hydrogen-bond donors (Lipinski definition) is 5. The molecular weight excluding hydrogens is 394 g/mol. The van der Waals surface area contributed by atoms with Crippen molar-refractivity contribution in [2.45, 2.75) is 26.4 Å². The molecule has 8 heteroatoms. The number of nitriles is 1. The zero-order chi connectivity index (χ0) is 21.8. The van der Waals surface area contributed by atoms with E-state index >= 15 is 0 Å². The molecule has 0 saturated heterocycles. The van der Waals surface area contributed by atoms with Crippen LogP contribution in [0.5, 0.6) is 0 Å². The zero-order valence-corrected chi connectivity index (χ0v) is 16.3. The summed E-state index contributed by atoms with van der Waals surface area (Å²) < 4.78 is 0. The van der Waals surface area contributed by atoms with Crippen molar-refractivity contribution in [1.82, 2.24) is 16.1 Å². The van der Waals surface area contributed by atoms with Gasteiger partial charge in [0, 0.05) is 42.7 Å². The Hall–Kier alpha value is -3.69. The summed E-state index contributed by atoms with van der Waals surface area (Å²) in [6.07, 6.45) is 0.482. The highest BCUT2D eigenvalue weighted by molar-refractivity contribution is 5.97. The fourth-order valence-corrected chi connectivity index (χ4v) is 2.48. The minimum absolute atomic E-state index is 0. The molecule has 1 atom stereocenters. The number of nitrogens with two attached hydrogens (primary N) is 1. The fourth-order valence-electron chi connectivity index (χ4n) is 2.48. The van der Waals surface area contributed by atoms with Gasteiger partial charge in [-0.3, -0.25) is 14.8 Å². The molecule has 0 unspecified atom stereocenters. The van der Waals surface area contributed by atoms with E-state index in [4.69, 9.17) is 16.2 Å². The molecule has 2 aromatic rings. The number of carbonyl (C=O) groups is 2. The Morgan fingerprint density at radius 2 is 1.61 bits per heavy atom.